The Morgan fingerprint density at radius 1 is 1.42 bits per heavy atom. The van der Waals surface area contributed by atoms with Crippen molar-refractivity contribution in [2.45, 2.75) is 31.8 Å². The van der Waals surface area contributed by atoms with Crippen molar-refractivity contribution < 1.29 is 14.4 Å². The number of anilines is 1. The quantitative estimate of drug-likeness (QED) is 0.731. The summed E-state index contributed by atoms with van der Waals surface area (Å²) in [5.41, 5.74) is 6.22. The number of rotatable bonds is 1. The summed E-state index contributed by atoms with van der Waals surface area (Å²) in [4.78, 5) is 37.2. The molecule has 1 atom stereocenters. The maximum Gasteiger partial charge on any atom is 0.256 e. The summed E-state index contributed by atoms with van der Waals surface area (Å²) in [5, 5.41) is 4.64. The Hall–Kier alpha value is -1.89. The number of amides is 3. The van der Waals surface area contributed by atoms with Gasteiger partial charge in [-0.05, 0) is 13.3 Å². The van der Waals surface area contributed by atoms with Crippen LogP contribution in [-0.4, -0.2) is 28.2 Å². The third-order valence-electron chi connectivity index (χ3n) is 3.89. The van der Waals surface area contributed by atoms with E-state index in [1.54, 1.807) is 12.3 Å². The van der Waals surface area contributed by atoms with E-state index in [1.165, 1.54) is 16.2 Å². The molecule has 3 amide bonds. The minimum atomic E-state index is -0.978. The maximum atomic E-state index is 12.4. The molecule has 3 N–H and O–H groups in total. The van der Waals surface area contributed by atoms with Crippen LogP contribution in [0.5, 0.6) is 0 Å². The van der Waals surface area contributed by atoms with Gasteiger partial charge in [0, 0.05) is 17.4 Å². The van der Waals surface area contributed by atoms with Crippen molar-refractivity contribution in [3.63, 3.8) is 0 Å². The van der Waals surface area contributed by atoms with Crippen LogP contribution in [0, 0.1) is 0 Å². The molecule has 1 aromatic heterocycles. The number of hydrogen-bond acceptors (Lipinski definition) is 5. The molecule has 2 aliphatic heterocycles. The lowest BCUT2D eigenvalue weighted by molar-refractivity contribution is -0.142. The van der Waals surface area contributed by atoms with Gasteiger partial charge in [-0.25, -0.2) is 0 Å². The third-order valence-corrected chi connectivity index (χ3v) is 4.75. The highest BCUT2D eigenvalue weighted by atomic mass is 32.1. The standard InChI is InChI=1S/C12H13N3O3S/c1-12(3-2-8(16)14-11(12)18)15-4-6-7(10(15)17)5-19-9(6)13/h5H,2-4,13H2,1H3,(H,14,16,18). The second kappa shape index (κ2) is 3.80. The molecular formula is C12H13N3O3S. The van der Waals surface area contributed by atoms with Gasteiger partial charge in [0.2, 0.25) is 5.91 Å². The molecule has 0 aromatic carbocycles. The molecule has 0 bridgehead atoms. The molecular weight excluding hydrogens is 266 g/mol. The highest BCUT2D eigenvalue weighted by molar-refractivity contribution is 7.14. The van der Waals surface area contributed by atoms with Gasteiger partial charge in [-0.15, -0.1) is 11.3 Å². The predicted molar refractivity (Wildman–Crippen MR) is 69.4 cm³/mol. The first-order valence-electron chi connectivity index (χ1n) is 5.95. The Labute approximate surface area is 113 Å². The number of imide groups is 1. The molecule has 2 aliphatic rings. The number of fused-ring (bicyclic) bond motifs is 1. The number of nitrogens with one attached hydrogen (secondary N) is 1. The van der Waals surface area contributed by atoms with Crippen molar-refractivity contribution in [1.29, 1.82) is 0 Å². The number of carbonyl (C=O) groups is 3. The molecule has 1 aromatic rings. The molecule has 3 rings (SSSR count). The number of piperidine rings is 1. The van der Waals surface area contributed by atoms with E-state index < -0.39 is 11.4 Å². The van der Waals surface area contributed by atoms with Crippen LogP contribution in [0.4, 0.5) is 5.00 Å². The molecule has 0 spiro atoms. The SMILES string of the molecule is CC1(N2Cc3c(csc3N)C2=O)CCC(=O)NC1=O. The van der Waals surface area contributed by atoms with Gasteiger partial charge in [0.25, 0.3) is 11.8 Å². The van der Waals surface area contributed by atoms with Gasteiger partial charge >= 0.3 is 0 Å². The van der Waals surface area contributed by atoms with Crippen LogP contribution < -0.4 is 11.1 Å². The topological polar surface area (TPSA) is 92.5 Å². The number of thiophene rings is 1. The van der Waals surface area contributed by atoms with E-state index in [4.69, 9.17) is 5.73 Å². The average Bonchev–Trinajstić information content (AvgIpc) is 2.87. The fraction of sp³-hybridized carbons (Fsp3) is 0.417. The zero-order chi connectivity index (χ0) is 13.8. The van der Waals surface area contributed by atoms with E-state index in [9.17, 15) is 14.4 Å². The second-order valence-corrected chi connectivity index (χ2v) is 5.95. The van der Waals surface area contributed by atoms with Gasteiger partial charge in [-0.1, -0.05) is 0 Å². The molecule has 0 aliphatic carbocycles. The summed E-state index contributed by atoms with van der Waals surface area (Å²) in [6.45, 7) is 2.03. The Kier molecular flexibility index (Phi) is 2.43. The van der Waals surface area contributed by atoms with Gasteiger partial charge in [0.15, 0.2) is 0 Å². The van der Waals surface area contributed by atoms with Gasteiger partial charge in [0.05, 0.1) is 17.1 Å². The molecule has 0 saturated carbocycles. The summed E-state index contributed by atoms with van der Waals surface area (Å²) in [6, 6.07) is 0. The summed E-state index contributed by atoms with van der Waals surface area (Å²) in [6.07, 6.45) is 0.589. The van der Waals surface area contributed by atoms with E-state index in [2.05, 4.69) is 5.32 Å². The first-order chi connectivity index (χ1) is 8.93. The smallest absolute Gasteiger partial charge is 0.256 e. The molecule has 100 valence electrons. The summed E-state index contributed by atoms with van der Waals surface area (Å²) < 4.78 is 0. The van der Waals surface area contributed by atoms with Crippen molar-refractivity contribution >= 4 is 34.1 Å². The summed E-state index contributed by atoms with van der Waals surface area (Å²) in [5.74, 6) is -0.887. The first-order valence-corrected chi connectivity index (χ1v) is 6.83. The molecule has 1 saturated heterocycles. The monoisotopic (exact) mass is 279 g/mol. The predicted octanol–water partition coefficient (Wildman–Crippen LogP) is 0.481. The lowest BCUT2D eigenvalue weighted by Crippen LogP contribution is -2.61. The number of nitrogens with two attached hydrogens (primary N) is 1. The summed E-state index contributed by atoms with van der Waals surface area (Å²) >= 11 is 1.34. The lowest BCUT2D eigenvalue weighted by Gasteiger charge is -2.39. The highest BCUT2D eigenvalue weighted by Gasteiger charge is 2.49. The number of nitrogen functional groups attached to an aromatic ring is 1. The van der Waals surface area contributed by atoms with E-state index in [-0.39, 0.29) is 18.2 Å². The Bertz CT molecular complexity index is 609. The van der Waals surface area contributed by atoms with Gasteiger partial charge in [-0.3, -0.25) is 19.7 Å². The maximum absolute atomic E-state index is 12.4. The van der Waals surface area contributed by atoms with Crippen LogP contribution in [0.3, 0.4) is 0 Å². The molecule has 0 radical (unpaired) electrons. The van der Waals surface area contributed by atoms with Crippen LogP contribution >= 0.6 is 11.3 Å². The zero-order valence-corrected chi connectivity index (χ0v) is 11.2. The zero-order valence-electron chi connectivity index (χ0n) is 10.4. The third kappa shape index (κ3) is 1.58. The van der Waals surface area contributed by atoms with Crippen LogP contribution in [0.2, 0.25) is 0 Å². The molecule has 19 heavy (non-hydrogen) atoms. The van der Waals surface area contributed by atoms with Crippen molar-refractivity contribution in [3.8, 4) is 0 Å². The van der Waals surface area contributed by atoms with Crippen LogP contribution in [0.1, 0.15) is 35.7 Å². The Balaban J connectivity index is 1.94. The van der Waals surface area contributed by atoms with Crippen LogP contribution in [0.25, 0.3) is 0 Å². The second-order valence-electron chi connectivity index (χ2n) is 5.03. The fourth-order valence-corrected chi connectivity index (χ4v) is 3.37. The van der Waals surface area contributed by atoms with Crippen molar-refractivity contribution in [2.75, 3.05) is 5.73 Å². The van der Waals surface area contributed by atoms with E-state index in [1.807, 2.05) is 0 Å². The van der Waals surface area contributed by atoms with E-state index in [0.29, 0.717) is 23.5 Å². The summed E-state index contributed by atoms with van der Waals surface area (Å²) in [7, 11) is 0. The number of hydrogen-bond donors (Lipinski definition) is 2. The van der Waals surface area contributed by atoms with Gasteiger partial charge < -0.3 is 10.6 Å². The number of carbonyl (C=O) groups excluding carboxylic acids is 3. The largest absolute Gasteiger partial charge is 0.390 e. The molecule has 6 nitrogen and oxygen atoms in total. The minimum Gasteiger partial charge on any atom is -0.390 e. The fourth-order valence-electron chi connectivity index (χ4n) is 2.57. The van der Waals surface area contributed by atoms with Gasteiger partial charge in [0.1, 0.15) is 5.54 Å². The Morgan fingerprint density at radius 2 is 2.16 bits per heavy atom. The normalized spacial score (nSPS) is 26.6. The minimum absolute atomic E-state index is 0.185. The number of nitrogens with zero attached hydrogens (tertiary/aromatic N) is 1. The molecule has 3 heterocycles. The highest BCUT2D eigenvalue weighted by Crippen LogP contribution is 2.38. The van der Waals surface area contributed by atoms with Gasteiger partial charge in [-0.2, -0.15) is 0 Å². The molecule has 7 heteroatoms. The van der Waals surface area contributed by atoms with Crippen LogP contribution in [0.15, 0.2) is 5.38 Å². The van der Waals surface area contributed by atoms with Crippen molar-refractivity contribution in [2.24, 2.45) is 0 Å². The molecule has 1 fully saturated rings. The molecule has 1 unspecified atom stereocenters. The lowest BCUT2D eigenvalue weighted by atomic mass is 9.89. The average molecular weight is 279 g/mol. The van der Waals surface area contributed by atoms with Crippen molar-refractivity contribution in [1.82, 2.24) is 10.2 Å². The first kappa shape index (κ1) is 12.2. The van der Waals surface area contributed by atoms with Crippen molar-refractivity contribution in [3.05, 3.63) is 16.5 Å². The van der Waals surface area contributed by atoms with Crippen LogP contribution in [-0.2, 0) is 16.1 Å². The van der Waals surface area contributed by atoms with E-state index >= 15 is 0 Å². The Morgan fingerprint density at radius 3 is 2.79 bits per heavy atom. The van der Waals surface area contributed by atoms with E-state index in [0.717, 1.165) is 5.56 Å².